The zero-order valence-corrected chi connectivity index (χ0v) is 20.8. The topological polar surface area (TPSA) is 62.1 Å². The van der Waals surface area contributed by atoms with Crippen LogP contribution in [0.1, 0.15) is 48.7 Å². The fourth-order valence-corrected chi connectivity index (χ4v) is 4.60. The Morgan fingerprint density at radius 1 is 1.20 bits per heavy atom. The molecule has 0 bridgehead atoms. The summed E-state index contributed by atoms with van der Waals surface area (Å²) in [5.74, 6) is -0.553. The van der Waals surface area contributed by atoms with E-state index in [0.717, 1.165) is 24.0 Å². The van der Waals surface area contributed by atoms with Gasteiger partial charge in [-0.3, -0.25) is 9.89 Å². The van der Waals surface area contributed by atoms with Gasteiger partial charge in [-0.15, -0.1) is 0 Å². The second-order valence-corrected chi connectivity index (χ2v) is 9.35. The number of aromatic nitrogens is 2. The fourth-order valence-electron chi connectivity index (χ4n) is 4.33. The Bertz CT molecular complexity index is 1460. The first-order valence-electron chi connectivity index (χ1n) is 11.5. The first kappa shape index (κ1) is 24.4. The Morgan fingerprint density at radius 2 is 1.97 bits per heavy atom. The smallest absolute Gasteiger partial charge is 0.251 e. The van der Waals surface area contributed by atoms with E-state index in [9.17, 15) is 4.79 Å². The van der Waals surface area contributed by atoms with Crippen LogP contribution in [0.2, 0.25) is 5.02 Å². The van der Waals surface area contributed by atoms with Crippen LogP contribution in [0.5, 0.6) is 0 Å². The first-order valence-corrected chi connectivity index (χ1v) is 11.9. The van der Waals surface area contributed by atoms with Crippen LogP contribution in [-0.2, 0) is 6.42 Å². The number of aryl methyl sites for hydroxylation is 2. The van der Waals surface area contributed by atoms with E-state index in [0.29, 0.717) is 49.6 Å². The van der Waals surface area contributed by atoms with Crippen LogP contribution in [0.15, 0.2) is 42.5 Å². The first-order chi connectivity index (χ1) is 16.7. The van der Waals surface area contributed by atoms with Crippen molar-refractivity contribution in [3.63, 3.8) is 0 Å². The summed E-state index contributed by atoms with van der Waals surface area (Å²) in [4.78, 5) is 16.0. The summed E-state index contributed by atoms with van der Waals surface area (Å²) in [5.41, 5.74) is 5.28. The minimum atomic E-state index is -0.346. The molecular weight excluding hydrogens is 463 g/mol. The molecule has 0 fully saturated rings. The molecule has 0 atom stereocenters. The maximum Gasteiger partial charge on any atom is 0.251 e. The van der Waals surface area contributed by atoms with E-state index < -0.39 is 0 Å². The number of nitrogens with one attached hydrogen (secondary N) is 2. The predicted octanol–water partition coefficient (Wildman–Crippen LogP) is 7.64. The number of hydrogen-bond acceptors (Lipinski definition) is 2. The molecule has 0 aliphatic carbocycles. The number of carbonyl (C=O) groups is 1. The van der Waals surface area contributed by atoms with E-state index in [-0.39, 0.29) is 17.8 Å². The molecule has 0 saturated carbocycles. The minimum Gasteiger partial charge on any atom is -0.350 e. The molecule has 0 aliphatic heterocycles. The Balaban J connectivity index is 1.85. The molecule has 0 unspecified atom stereocenters. The average molecular weight is 489 g/mol. The molecule has 4 rings (SSSR count). The Labute approximate surface area is 209 Å². The van der Waals surface area contributed by atoms with Crippen molar-refractivity contribution < 1.29 is 9.18 Å². The number of benzene rings is 3. The molecule has 0 radical (unpaired) electrons. The van der Waals surface area contributed by atoms with Crippen LogP contribution in [-0.4, -0.2) is 22.1 Å². The number of halogens is 2. The lowest BCUT2D eigenvalue weighted by molar-refractivity contribution is 0.0943. The molecule has 1 aromatic heterocycles. The van der Waals surface area contributed by atoms with Gasteiger partial charge in [-0.2, -0.15) is 5.10 Å². The standard InChI is InChI=1S/C28H26ClFN4O/c1-6-7-17-10-16(4)26(23(30)11-17)20-13-21-25(14-24(20)31-5)33-34-27(21)19-9-8-18(12-22(19)29)28(35)32-15(2)3/h8-15H,6-7H2,1-4H3,(H,32,35)(H,33,34). The van der Waals surface area contributed by atoms with Gasteiger partial charge in [-0.05, 0) is 68.1 Å². The number of H-pyrrole nitrogens is 1. The number of amides is 1. The van der Waals surface area contributed by atoms with Crippen LogP contribution in [0, 0.1) is 19.3 Å². The maximum absolute atomic E-state index is 15.3. The molecule has 7 heteroatoms. The van der Waals surface area contributed by atoms with Crippen molar-refractivity contribution in [1.29, 1.82) is 0 Å². The van der Waals surface area contributed by atoms with Crippen LogP contribution >= 0.6 is 11.6 Å². The van der Waals surface area contributed by atoms with E-state index in [2.05, 4.69) is 27.3 Å². The molecule has 0 spiro atoms. The quantitative estimate of drug-likeness (QED) is 0.274. The highest BCUT2D eigenvalue weighted by atomic mass is 35.5. The van der Waals surface area contributed by atoms with E-state index in [1.54, 1.807) is 36.4 Å². The van der Waals surface area contributed by atoms with Gasteiger partial charge in [0.05, 0.1) is 17.1 Å². The van der Waals surface area contributed by atoms with Gasteiger partial charge >= 0.3 is 0 Å². The van der Waals surface area contributed by atoms with Crippen molar-refractivity contribution in [2.45, 2.75) is 46.6 Å². The van der Waals surface area contributed by atoms with Crippen molar-refractivity contribution in [2.24, 2.45) is 0 Å². The number of nitrogens with zero attached hydrogens (tertiary/aromatic N) is 2. The van der Waals surface area contributed by atoms with Gasteiger partial charge in [0, 0.05) is 28.1 Å². The third kappa shape index (κ3) is 4.78. The van der Waals surface area contributed by atoms with Gasteiger partial charge < -0.3 is 5.32 Å². The summed E-state index contributed by atoms with van der Waals surface area (Å²) in [6.07, 6.45) is 1.72. The largest absolute Gasteiger partial charge is 0.350 e. The van der Waals surface area contributed by atoms with Crippen LogP contribution in [0.25, 0.3) is 38.1 Å². The monoisotopic (exact) mass is 488 g/mol. The molecular formula is C28H26ClFN4O. The molecule has 178 valence electrons. The Kier molecular flexibility index (Phi) is 6.90. The summed E-state index contributed by atoms with van der Waals surface area (Å²) in [6, 6.07) is 12.1. The third-order valence-corrected chi connectivity index (χ3v) is 6.17. The lowest BCUT2D eigenvalue weighted by atomic mass is 9.93. The zero-order chi connectivity index (χ0) is 25.3. The lowest BCUT2D eigenvalue weighted by Gasteiger charge is -2.13. The van der Waals surface area contributed by atoms with Crippen LogP contribution in [0.3, 0.4) is 0 Å². The minimum absolute atomic E-state index is 0.00573. The van der Waals surface area contributed by atoms with Crippen molar-refractivity contribution in [3.05, 3.63) is 81.4 Å². The molecule has 0 saturated heterocycles. The maximum atomic E-state index is 15.3. The fraction of sp³-hybridized carbons (Fsp3) is 0.250. The normalized spacial score (nSPS) is 11.1. The second kappa shape index (κ2) is 9.89. The molecule has 1 heterocycles. The summed E-state index contributed by atoms with van der Waals surface area (Å²) in [6.45, 7) is 15.4. The SMILES string of the molecule is [C-]#[N+]c1cc2[nH]nc(-c3ccc(C(=O)NC(C)C)cc3Cl)c2cc1-c1c(C)cc(CCC)cc1F. The molecule has 4 aromatic rings. The molecule has 2 N–H and O–H groups in total. The van der Waals surface area contributed by atoms with Crippen molar-refractivity contribution in [1.82, 2.24) is 15.5 Å². The number of rotatable bonds is 6. The zero-order valence-electron chi connectivity index (χ0n) is 20.1. The molecule has 5 nitrogen and oxygen atoms in total. The van der Waals surface area contributed by atoms with Gasteiger partial charge in [0.2, 0.25) is 0 Å². The number of hydrogen-bond donors (Lipinski definition) is 2. The summed E-state index contributed by atoms with van der Waals surface area (Å²) >= 11 is 6.57. The number of carbonyl (C=O) groups excluding carboxylic acids is 1. The van der Waals surface area contributed by atoms with E-state index in [4.69, 9.17) is 18.2 Å². The highest BCUT2D eigenvalue weighted by Gasteiger charge is 2.20. The number of aromatic amines is 1. The predicted molar refractivity (Wildman–Crippen MR) is 140 cm³/mol. The van der Waals surface area contributed by atoms with Gasteiger partial charge in [0.25, 0.3) is 5.91 Å². The van der Waals surface area contributed by atoms with Gasteiger partial charge in [0.15, 0.2) is 5.69 Å². The Morgan fingerprint density at radius 3 is 2.60 bits per heavy atom. The van der Waals surface area contributed by atoms with Gasteiger partial charge in [-0.1, -0.05) is 43.1 Å². The van der Waals surface area contributed by atoms with Crippen LogP contribution in [0.4, 0.5) is 10.1 Å². The van der Waals surface area contributed by atoms with Crippen LogP contribution < -0.4 is 5.32 Å². The third-order valence-electron chi connectivity index (χ3n) is 5.86. The molecule has 3 aromatic carbocycles. The average Bonchev–Trinajstić information content (AvgIpc) is 3.20. The van der Waals surface area contributed by atoms with Crippen molar-refractivity contribution in [2.75, 3.05) is 0 Å². The lowest BCUT2D eigenvalue weighted by Crippen LogP contribution is -2.30. The molecule has 0 aliphatic rings. The summed E-state index contributed by atoms with van der Waals surface area (Å²) in [7, 11) is 0. The highest BCUT2D eigenvalue weighted by molar-refractivity contribution is 6.34. The summed E-state index contributed by atoms with van der Waals surface area (Å²) in [5, 5.41) is 11.3. The summed E-state index contributed by atoms with van der Waals surface area (Å²) < 4.78 is 15.3. The van der Waals surface area contributed by atoms with Crippen molar-refractivity contribution >= 4 is 34.1 Å². The van der Waals surface area contributed by atoms with E-state index in [1.165, 1.54) is 0 Å². The Hall–Kier alpha value is -3.69. The van der Waals surface area contributed by atoms with Crippen molar-refractivity contribution in [3.8, 4) is 22.4 Å². The van der Waals surface area contributed by atoms with Gasteiger partial charge in [-0.25, -0.2) is 9.24 Å². The number of fused-ring (bicyclic) bond motifs is 1. The highest BCUT2D eigenvalue weighted by Crippen LogP contribution is 2.41. The van der Waals surface area contributed by atoms with E-state index >= 15 is 4.39 Å². The second-order valence-electron chi connectivity index (χ2n) is 8.94. The molecule has 1 amide bonds. The van der Waals surface area contributed by atoms with E-state index in [1.807, 2.05) is 26.8 Å². The molecule has 35 heavy (non-hydrogen) atoms. The van der Waals surface area contributed by atoms with Gasteiger partial charge in [0.1, 0.15) is 11.5 Å².